The first-order valence-electron chi connectivity index (χ1n) is 7.85. The van der Waals surface area contributed by atoms with Crippen molar-refractivity contribution in [1.29, 1.82) is 0 Å². The van der Waals surface area contributed by atoms with Gasteiger partial charge in [0.05, 0.1) is 23.7 Å². The lowest BCUT2D eigenvalue weighted by atomic mass is 9.90. The second-order valence-electron chi connectivity index (χ2n) is 5.77. The van der Waals surface area contributed by atoms with Gasteiger partial charge in [0.2, 0.25) is 11.8 Å². The molecule has 0 unspecified atom stereocenters. The number of nitrogens with zero attached hydrogens (tertiary/aromatic N) is 3. The highest BCUT2D eigenvalue weighted by atomic mass is 35.5. The molecule has 2 aromatic rings. The summed E-state index contributed by atoms with van der Waals surface area (Å²) in [6, 6.07) is 3.41. The van der Waals surface area contributed by atoms with E-state index in [1.165, 1.54) is 6.20 Å². The molecule has 1 amide bonds. The minimum Gasteiger partial charge on any atom is -0.476 e. The Morgan fingerprint density at radius 1 is 1.46 bits per heavy atom. The van der Waals surface area contributed by atoms with Crippen molar-refractivity contribution in [3.8, 4) is 5.88 Å². The molecule has 3 heterocycles. The van der Waals surface area contributed by atoms with Gasteiger partial charge < -0.3 is 15.4 Å². The Kier molecular flexibility index (Phi) is 5.32. The van der Waals surface area contributed by atoms with Gasteiger partial charge in [0, 0.05) is 44.5 Å². The van der Waals surface area contributed by atoms with Crippen molar-refractivity contribution >= 4 is 17.5 Å². The number of ether oxygens (including phenoxy) is 1. The summed E-state index contributed by atoms with van der Waals surface area (Å²) in [6.07, 6.45) is 5.32. The maximum Gasteiger partial charge on any atom is 0.225 e. The van der Waals surface area contributed by atoms with E-state index in [1.807, 2.05) is 19.4 Å². The lowest BCUT2D eigenvalue weighted by Gasteiger charge is -2.17. The molecule has 1 aliphatic heterocycles. The summed E-state index contributed by atoms with van der Waals surface area (Å²) in [5, 5.41) is 11.0. The lowest BCUT2D eigenvalue weighted by Crippen LogP contribution is -2.36. The number of amides is 1. The fourth-order valence-electron chi connectivity index (χ4n) is 2.84. The average molecular weight is 350 g/mol. The normalized spacial score (nSPS) is 20.1. The fraction of sp³-hybridized carbons (Fsp3) is 0.438. The van der Waals surface area contributed by atoms with E-state index in [4.69, 9.17) is 16.3 Å². The molecule has 0 aliphatic carbocycles. The molecule has 0 bridgehead atoms. The van der Waals surface area contributed by atoms with Gasteiger partial charge in [-0.2, -0.15) is 5.10 Å². The van der Waals surface area contributed by atoms with Gasteiger partial charge in [0.15, 0.2) is 0 Å². The molecule has 128 valence electrons. The van der Waals surface area contributed by atoms with Crippen LogP contribution in [0.15, 0.2) is 30.7 Å². The number of hydrogen-bond donors (Lipinski definition) is 2. The van der Waals surface area contributed by atoms with Crippen LogP contribution in [0.25, 0.3) is 0 Å². The van der Waals surface area contributed by atoms with Crippen molar-refractivity contribution in [1.82, 2.24) is 25.4 Å². The van der Waals surface area contributed by atoms with Gasteiger partial charge in [-0.15, -0.1) is 0 Å². The topological polar surface area (TPSA) is 81.1 Å². The van der Waals surface area contributed by atoms with Crippen LogP contribution in [0.1, 0.15) is 11.5 Å². The maximum atomic E-state index is 12.4. The van der Waals surface area contributed by atoms with E-state index >= 15 is 0 Å². The Balaban J connectivity index is 1.46. The molecule has 2 atom stereocenters. The highest BCUT2D eigenvalue weighted by Crippen LogP contribution is 2.27. The molecule has 0 radical (unpaired) electrons. The van der Waals surface area contributed by atoms with Crippen molar-refractivity contribution in [2.24, 2.45) is 13.0 Å². The third-order valence-electron chi connectivity index (χ3n) is 4.06. The Bertz CT molecular complexity index is 688. The number of carbonyl (C=O) groups excluding carboxylic acids is 1. The van der Waals surface area contributed by atoms with Crippen LogP contribution in [0.4, 0.5) is 0 Å². The maximum absolute atomic E-state index is 12.4. The quantitative estimate of drug-likeness (QED) is 0.759. The van der Waals surface area contributed by atoms with Gasteiger partial charge in [-0.05, 0) is 11.6 Å². The van der Waals surface area contributed by atoms with Crippen LogP contribution < -0.4 is 15.4 Å². The highest BCUT2D eigenvalue weighted by molar-refractivity contribution is 6.30. The molecule has 2 N–H and O–H groups in total. The summed E-state index contributed by atoms with van der Waals surface area (Å²) in [5.41, 5.74) is 1.09. The summed E-state index contributed by atoms with van der Waals surface area (Å²) >= 11 is 5.77. The SMILES string of the molecule is Cn1cc([C@H]2CNC[C@@H]2C(=O)NCCOc2ccc(Cl)cn2)cn1. The molecule has 7 nitrogen and oxygen atoms in total. The second kappa shape index (κ2) is 7.63. The minimum absolute atomic E-state index is 0.0292. The smallest absolute Gasteiger partial charge is 0.225 e. The summed E-state index contributed by atoms with van der Waals surface area (Å²) in [4.78, 5) is 16.5. The lowest BCUT2D eigenvalue weighted by molar-refractivity contribution is -0.124. The van der Waals surface area contributed by atoms with Crippen molar-refractivity contribution < 1.29 is 9.53 Å². The van der Waals surface area contributed by atoms with E-state index in [2.05, 4.69) is 20.7 Å². The minimum atomic E-state index is -0.0946. The standard InChI is InChI=1S/C16H20ClN5O2/c1-22-10-11(6-21-22)13-8-18-9-14(13)16(23)19-4-5-24-15-3-2-12(17)7-20-15/h2-3,6-7,10,13-14,18H,4-5,8-9H2,1H3,(H,19,23)/t13-,14+/m1/s1. The number of carbonyl (C=O) groups is 1. The van der Waals surface area contributed by atoms with Crippen LogP contribution >= 0.6 is 11.6 Å². The Labute approximate surface area is 145 Å². The van der Waals surface area contributed by atoms with E-state index in [-0.39, 0.29) is 17.7 Å². The van der Waals surface area contributed by atoms with Crippen LogP contribution in [0.5, 0.6) is 5.88 Å². The van der Waals surface area contributed by atoms with Crippen LogP contribution in [-0.4, -0.2) is 46.9 Å². The zero-order chi connectivity index (χ0) is 16.9. The van der Waals surface area contributed by atoms with Gasteiger partial charge in [0.25, 0.3) is 0 Å². The number of halogens is 1. The van der Waals surface area contributed by atoms with Crippen LogP contribution in [-0.2, 0) is 11.8 Å². The molecular formula is C16H20ClN5O2. The Morgan fingerprint density at radius 2 is 2.33 bits per heavy atom. The van der Waals surface area contributed by atoms with Crippen LogP contribution in [0, 0.1) is 5.92 Å². The fourth-order valence-corrected chi connectivity index (χ4v) is 2.96. The third-order valence-corrected chi connectivity index (χ3v) is 4.28. The van der Waals surface area contributed by atoms with E-state index in [0.29, 0.717) is 30.6 Å². The summed E-state index contributed by atoms with van der Waals surface area (Å²) in [7, 11) is 1.88. The predicted octanol–water partition coefficient (Wildman–Crippen LogP) is 0.967. The number of aromatic nitrogens is 3. The van der Waals surface area contributed by atoms with Crippen molar-refractivity contribution in [2.75, 3.05) is 26.2 Å². The zero-order valence-electron chi connectivity index (χ0n) is 13.4. The summed E-state index contributed by atoms with van der Waals surface area (Å²) in [6.45, 7) is 2.25. The first-order valence-corrected chi connectivity index (χ1v) is 8.22. The van der Waals surface area contributed by atoms with Crippen LogP contribution in [0.2, 0.25) is 5.02 Å². The summed E-state index contributed by atoms with van der Waals surface area (Å²) < 4.78 is 7.23. The Morgan fingerprint density at radius 3 is 3.04 bits per heavy atom. The molecule has 1 aliphatic rings. The molecule has 3 rings (SSSR count). The molecule has 0 saturated carbocycles. The van der Waals surface area contributed by atoms with Gasteiger partial charge in [-0.1, -0.05) is 11.6 Å². The highest BCUT2D eigenvalue weighted by Gasteiger charge is 2.34. The van der Waals surface area contributed by atoms with Crippen molar-refractivity contribution in [3.63, 3.8) is 0 Å². The second-order valence-corrected chi connectivity index (χ2v) is 6.21. The largest absolute Gasteiger partial charge is 0.476 e. The molecule has 24 heavy (non-hydrogen) atoms. The van der Waals surface area contributed by atoms with Gasteiger partial charge in [0.1, 0.15) is 6.61 Å². The van der Waals surface area contributed by atoms with Gasteiger partial charge in [-0.25, -0.2) is 4.98 Å². The zero-order valence-corrected chi connectivity index (χ0v) is 14.2. The first-order chi connectivity index (χ1) is 11.6. The van der Waals surface area contributed by atoms with E-state index in [9.17, 15) is 4.79 Å². The Hall–Kier alpha value is -2.12. The number of pyridine rings is 1. The molecule has 2 aromatic heterocycles. The molecule has 0 aromatic carbocycles. The van der Waals surface area contributed by atoms with Crippen LogP contribution in [0.3, 0.4) is 0 Å². The van der Waals surface area contributed by atoms with E-state index in [0.717, 1.165) is 12.1 Å². The number of aryl methyl sites for hydroxylation is 1. The molecule has 0 spiro atoms. The van der Waals surface area contributed by atoms with Gasteiger partial charge >= 0.3 is 0 Å². The molecule has 1 saturated heterocycles. The summed E-state index contributed by atoms with van der Waals surface area (Å²) in [5.74, 6) is 0.575. The molecular weight excluding hydrogens is 330 g/mol. The monoisotopic (exact) mass is 349 g/mol. The van der Waals surface area contributed by atoms with E-state index in [1.54, 1.807) is 16.8 Å². The van der Waals surface area contributed by atoms with Crippen molar-refractivity contribution in [3.05, 3.63) is 41.3 Å². The predicted molar refractivity (Wildman–Crippen MR) is 90.1 cm³/mol. The number of hydrogen-bond acceptors (Lipinski definition) is 5. The molecule has 8 heteroatoms. The van der Waals surface area contributed by atoms with Crippen molar-refractivity contribution in [2.45, 2.75) is 5.92 Å². The van der Waals surface area contributed by atoms with Gasteiger partial charge in [-0.3, -0.25) is 9.48 Å². The molecule has 1 fully saturated rings. The number of rotatable bonds is 6. The third kappa shape index (κ3) is 4.04. The average Bonchev–Trinajstić information content (AvgIpc) is 3.21. The van der Waals surface area contributed by atoms with E-state index < -0.39 is 0 Å². The first kappa shape index (κ1) is 16.7. The number of nitrogens with one attached hydrogen (secondary N) is 2.